The van der Waals surface area contributed by atoms with Crippen LogP contribution in [-0.2, 0) is 17.6 Å². The van der Waals surface area contributed by atoms with Gasteiger partial charge < -0.3 is 5.11 Å². The highest BCUT2D eigenvalue weighted by atomic mass is 16.4. The number of unbranched alkanes of at least 4 members (excludes halogenated alkanes) is 5. The van der Waals surface area contributed by atoms with Crippen LogP contribution in [-0.4, -0.2) is 11.1 Å². The molecule has 0 aromatic heterocycles. The topological polar surface area (TPSA) is 37.3 Å². The number of carboxylic acids is 1. The van der Waals surface area contributed by atoms with Crippen molar-refractivity contribution in [1.82, 2.24) is 0 Å². The Labute approximate surface area is 123 Å². The van der Waals surface area contributed by atoms with Gasteiger partial charge in [0, 0.05) is 6.42 Å². The average molecular weight is 276 g/mol. The molecule has 0 atom stereocenters. The first-order valence-corrected chi connectivity index (χ1v) is 8.02. The summed E-state index contributed by atoms with van der Waals surface area (Å²) in [6, 6.07) is 8.49. The maximum Gasteiger partial charge on any atom is 0.303 e. The van der Waals surface area contributed by atoms with E-state index in [0.717, 1.165) is 19.3 Å². The molecule has 0 spiro atoms. The van der Waals surface area contributed by atoms with E-state index < -0.39 is 5.97 Å². The third-order valence-corrected chi connectivity index (χ3v) is 3.75. The molecule has 2 heteroatoms. The SMILES string of the molecule is CCCCCCCCc1ccccc1CCCC(=O)O. The average Bonchev–Trinajstić information content (AvgIpc) is 2.44. The summed E-state index contributed by atoms with van der Waals surface area (Å²) in [4.78, 5) is 10.6. The molecule has 0 fully saturated rings. The zero-order valence-corrected chi connectivity index (χ0v) is 12.7. The van der Waals surface area contributed by atoms with Crippen LogP contribution in [0.2, 0.25) is 0 Å². The Morgan fingerprint density at radius 2 is 1.45 bits per heavy atom. The van der Waals surface area contributed by atoms with Crippen molar-refractivity contribution < 1.29 is 9.90 Å². The molecule has 0 saturated heterocycles. The first kappa shape index (κ1) is 16.7. The Hall–Kier alpha value is -1.31. The second-order valence-electron chi connectivity index (χ2n) is 5.53. The van der Waals surface area contributed by atoms with Crippen LogP contribution in [0.4, 0.5) is 0 Å². The van der Waals surface area contributed by atoms with Gasteiger partial charge in [0.1, 0.15) is 0 Å². The van der Waals surface area contributed by atoms with Crippen molar-refractivity contribution in [2.75, 3.05) is 0 Å². The molecule has 0 aliphatic rings. The monoisotopic (exact) mass is 276 g/mol. The van der Waals surface area contributed by atoms with E-state index >= 15 is 0 Å². The van der Waals surface area contributed by atoms with Gasteiger partial charge >= 0.3 is 5.97 Å². The lowest BCUT2D eigenvalue weighted by molar-refractivity contribution is -0.137. The van der Waals surface area contributed by atoms with Crippen molar-refractivity contribution in [1.29, 1.82) is 0 Å². The van der Waals surface area contributed by atoms with Crippen molar-refractivity contribution in [3.63, 3.8) is 0 Å². The van der Waals surface area contributed by atoms with Gasteiger partial charge in [-0.05, 0) is 36.8 Å². The molecular weight excluding hydrogens is 248 g/mol. The molecule has 0 radical (unpaired) electrons. The van der Waals surface area contributed by atoms with E-state index in [1.165, 1.54) is 49.7 Å². The molecule has 0 heterocycles. The van der Waals surface area contributed by atoms with Gasteiger partial charge in [-0.15, -0.1) is 0 Å². The van der Waals surface area contributed by atoms with Crippen LogP contribution < -0.4 is 0 Å². The Balaban J connectivity index is 2.31. The van der Waals surface area contributed by atoms with E-state index in [4.69, 9.17) is 5.11 Å². The number of carboxylic acid groups (broad SMARTS) is 1. The summed E-state index contributed by atoms with van der Waals surface area (Å²) in [5.74, 6) is -0.696. The Kier molecular flexibility index (Phi) is 8.77. The molecular formula is C18H28O2. The molecule has 1 rings (SSSR count). The van der Waals surface area contributed by atoms with Gasteiger partial charge in [0.25, 0.3) is 0 Å². The third kappa shape index (κ3) is 7.32. The van der Waals surface area contributed by atoms with Gasteiger partial charge in [0.15, 0.2) is 0 Å². The molecule has 2 nitrogen and oxygen atoms in total. The molecule has 0 bridgehead atoms. The largest absolute Gasteiger partial charge is 0.481 e. The van der Waals surface area contributed by atoms with Crippen LogP contribution >= 0.6 is 0 Å². The van der Waals surface area contributed by atoms with Gasteiger partial charge in [-0.1, -0.05) is 63.3 Å². The lowest BCUT2D eigenvalue weighted by atomic mass is 9.97. The highest BCUT2D eigenvalue weighted by molar-refractivity contribution is 5.66. The second-order valence-corrected chi connectivity index (χ2v) is 5.53. The summed E-state index contributed by atoms with van der Waals surface area (Å²) >= 11 is 0. The molecule has 1 aromatic carbocycles. The molecule has 1 aromatic rings. The van der Waals surface area contributed by atoms with Crippen LogP contribution in [0, 0.1) is 0 Å². The zero-order valence-electron chi connectivity index (χ0n) is 12.7. The second kappa shape index (κ2) is 10.5. The number of carbonyl (C=O) groups is 1. The van der Waals surface area contributed by atoms with Gasteiger partial charge in [-0.3, -0.25) is 4.79 Å². The number of aryl methyl sites for hydroxylation is 2. The molecule has 0 saturated carbocycles. The van der Waals surface area contributed by atoms with Crippen LogP contribution in [0.15, 0.2) is 24.3 Å². The number of benzene rings is 1. The summed E-state index contributed by atoms with van der Waals surface area (Å²) < 4.78 is 0. The molecule has 112 valence electrons. The van der Waals surface area contributed by atoms with Crippen LogP contribution in [0.25, 0.3) is 0 Å². The Morgan fingerprint density at radius 1 is 0.900 bits per heavy atom. The molecule has 0 amide bonds. The van der Waals surface area contributed by atoms with E-state index in [1.54, 1.807) is 0 Å². The quantitative estimate of drug-likeness (QED) is 0.578. The van der Waals surface area contributed by atoms with E-state index in [1.807, 2.05) is 0 Å². The smallest absolute Gasteiger partial charge is 0.303 e. The summed E-state index contributed by atoms with van der Waals surface area (Å²) in [7, 11) is 0. The summed E-state index contributed by atoms with van der Waals surface area (Å²) in [5, 5.41) is 8.70. The minimum atomic E-state index is -0.696. The van der Waals surface area contributed by atoms with E-state index in [0.29, 0.717) is 0 Å². The molecule has 20 heavy (non-hydrogen) atoms. The fourth-order valence-corrected chi connectivity index (χ4v) is 2.57. The zero-order chi connectivity index (χ0) is 14.6. The van der Waals surface area contributed by atoms with Crippen molar-refractivity contribution in [2.45, 2.75) is 71.1 Å². The highest BCUT2D eigenvalue weighted by Gasteiger charge is 2.03. The molecule has 0 aliphatic heterocycles. The minimum Gasteiger partial charge on any atom is -0.481 e. The van der Waals surface area contributed by atoms with Gasteiger partial charge in [-0.25, -0.2) is 0 Å². The minimum absolute atomic E-state index is 0.269. The van der Waals surface area contributed by atoms with Crippen LogP contribution in [0.1, 0.15) is 69.4 Å². The van der Waals surface area contributed by atoms with Crippen molar-refractivity contribution in [3.05, 3.63) is 35.4 Å². The molecule has 0 aliphatic carbocycles. The van der Waals surface area contributed by atoms with Crippen LogP contribution in [0.3, 0.4) is 0 Å². The van der Waals surface area contributed by atoms with Crippen molar-refractivity contribution in [3.8, 4) is 0 Å². The van der Waals surface area contributed by atoms with Gasteiger partial charge in [-0.2, -0.15) is 0 Å². The van der Waals surface area contributed by atoms with E-state index in [2.05, 4.69) is 31.2 Å². The fourth-order valence-electron chi connectivity index (χ4n) is 2.57. The Morgan fingerprint density at radius 3 is 2.05 bits per heavy atom. The normalized spacial score (nSPS) is 10.7. The lowest BCUT2D eigenvalue weighted by Crippen LogP contribution is -1.99. The fraction of sp³-hybridized carbons (Fsp3) is 0.611. The summed E-state index contributed by atoms with van der Waals surface area (Å²) in [5.41, 5.74) is 2.75. The number of rotatable bonds is 11. The highest BCUT2D eigenvalue weighted by Crippen LogP contribution is 2.16. The maximum atomic E-state index is 10.6. The van der Waals surface area contributed by atoms with Crippen LogP contribution in [0.5, 0.6) is 0 Å². The van der Waals surface area contributed by atoms with Gasteiger partial charge in [0.2, 0.25) is 0 Å². The van der Waals surface area contributed by atoms with Crippen molar-refractivity contribution >= 4 is 5.97 Å². The lowest BCUT2D eigenvalue weighted by Gasteiger charge is -2.09. The standard InChI is InChI=1S/C18H28O2/c1-2-3-4-5-6-7-11-16-12-8-9-13-17(16)14-10-15-18(19)20/h8-9,12-13H,2-7,10-11,14-15H2,1H3,(H,19,20). The number of hydrogen-bond acceptors (Lipinski definition) is 1. The molecule has 0 unspecified atom stereocenters. The summed E-state index contributed by atoms with van der Waals surface area (Å²) in [6.45, 7) is 2.24. The third-order valence-electron chi connectivity index (χ3n) is 3.75. The number of aliphatic carboxylic acids is 1. The number of hydrogen-bond donors (Lipinski definition) is 1. The molecule has 1 N–H and O–H groups in total. The predicted octanol–water partition coefficient (Wildman–Crippen LogP) is 5.00. The van der Waals surface area contributed by atoms with E-state index in [-0.39, 0.29) is 6.42 Å². The Bertz CT molecular complexity index is 385. The first-order chi connectivity index (χ1) is 9.74. The van der Waals surface area contributed by atoms with E-state index in [9.17, 15) is 4.79 Å². The maximum absolute atomic E-state index is 10.6. The van der Waals surface area contributed by atoms with Gasteiger partial charge in [0.05, 0.1) is 0 Å². The van der Waals surface area contributed by atoms with Crippen molar-refractivity contribution in [2.24, 2.45) is 0 Å². The summed E-state index contributed by atoms with van der Waals surface area (Å²) in [6.07, 6.45) is 10.9. The predicted molar refractivity (Wildman–Crippen MR) is 84.1 cm³/mol. The first-order valence-electron chi connectivity index (χ1n) is 8.02.